The van der Waals surface area contributed by atoms with E-state index in [0.29, 0.717) is 19.4 Å². The van der Waals surface area contributed by atoms with Gasteiger partial charge in [-0.25, -0.2) is 8.42 Å². The number of rotatable bonds is 8. The Morgan fingerprint density at radius 3 is 2.43 bits per heavy atom. The summed E-state index contributed by atoms with van der Waals surface area (Å²) in [6.07, 6.45) is 0.821. The predicted molar refractivity (Wildman–Crippen MR) is 145 cm³/mol. The maximum absolute atomic E-state index is 13.9. The molecule has 0 aromatic heterocycles. The average Bonchev–Trinajstić information content (AvgIpc) is 2.91. The molecule has 0 spiro atoms. The Morgan fingerprint density at radius 1 is 1.05 bits per heavy atom. The Bertz CT molecular complexity index is 1340. The molecule has 0 aliphatic carbocycles. The van der Waals surface area contributed by atoms with Crippen molar-refractivity contribution in [2.24, 2.45) is 11.7 Å². The average molecular weight is 546 g/mol. The summed E-state index contributed by atoms with van der Waals surface area (Å²) in [6, 6.07) is 20.0. The number of halogens is 1. The number of methoxy groups -OCH3 is 1. The molecule has 3 unspecified atom stereocenters. The molecular formula is C27H32ClN3O5S. The number of amides is 1. The number of esters is 1. The molecule has 198 valence electrons. The fourth-order valence-corrected chi connectivity index (χ4v) is 6.96. The van der Waals surface area contributed by atoms with E-state index < -0.39 is 39.1 Å². The lowest BCUT2D eigenvalue weighted by atomic mass is 9.91. The predicted octanol–water partition coefficient (Wildman–Crippen LogP) is 2.24. The van der Waals surface area contributed by atoms with E-state index >= 15 is 0 Å². The van der Waals surface area contributed by atoms with Gasteiger partial charge in [-0.05, 0) is 53.8 Å². The Morgan fingerprint density at radius 2 is 1.73 bits per heavy atom. The Labute approximate surface area is 223 Å². The quantitative estimate of drug-likeness (QED) is 0.370. The number of hydrogen-bond donors (Lipinski definition) is 3. The highest BCUT2D eigenvalue weighted by Crippen LogP contribution is 2.31. The van der Waals surface area contributed by atoms with Gasteiger partial charge in [0.25, 0.3) is 0 Å². The maximum atomic E-state index is 13.9. The van der Waals surface area contributed by atoms with E-state index in [1.54, 1.807) is 18.2 Å². The van der Waals surface area contributed by atoms with Crippen molar-refractivity contribution in [1.29, 1.82) is 0 Å². The minimum Gasteiger partial charge on any atom is -0.468 e. The molecule has 37 heavy (non-hydrogen) atoms. The number of ether oxygens (including phenoxy) is 1. The number of carbonyl (C=O) groups excluding carboxylic acids is 2. The second kappa shape index (κ2) is 12.5. The zero-order valence-electron chi connectivity index (χ0n) is 20.5. The third-order valence-electron chi connectivity index (χ3n) is 6.71. The van der Waals surface area contributed by atoms with Crippen molar-refractivity contribution in [3.63, 3.8) is 0 Å². The lowest BCUT2D eigenvalue weighted by Gasteiger charge is -2.37. The number of carbonyl (C=O) groups is 2. The molecule has 0 radical (unpaired) electrons. The largest absolute Gasteiger partial charge is 0.468 e. The first-order chi connectivity index (χ1) is 17.3. The van der Waals surface area contributed by atoms with Gasteiger partial charge in [0.1, 0.15) is 6.04 Å². The fraction of sp³-hybridized carbons (Fsp3) is 0.333. The number of piperidine rings is 1. The molecule has 1 amide bonds. The lowest BCUT2D eigenvalue weighted by molar-refractivity contribution is -0.144. The Kier molecular flexibility index (Phi) is 9.67. The summed E-state index contributed by atoms with van der Waals surface area (Å²) in [5.41, 5.74) is 7.04. The van der Waals surface area contributed by atoms with Gasteiger partial charge >= 0.3 is 5.97 Å². The van der Waals surface area contributed by atoms with E-state index in [4.69, 9.17) is 10.5 Å². The molecular weight excluding hydrogens is 514 g/mol. The van der Waals surface area contributed by atoms with Crippen molar-refractivity contribution < 1.29 is 22.7 Å². The molecule has 0 bridgehead atoms. The van der Waals surface area contributed by atoms with Crippen LogP contribution in [-0.2, 0) is 30.6 Å². The van der Waals surface area contributed by atoms with E-state index in [-0.39, 0.29) is 29.8 Å². The van der Waals surface area contributed by atoms with Gasteiger partial charge in [0, 0.05) is 6.54 Å². The smallest absolute Gasteiger partial charge is 0.324 e. The van der Waals surface area contributed by atoms with Gasteiger partial charge in [-0.2, -0.15) is 0 Å². The van der Waals surface area contributed by atoms with Gasteiger partial charge in [-0.15, -0.1) is 12.4 Å². The number of benzene rings is 3. The molecule has 8 nitrogen and oxygen atoms in total. The highest BCUT2D eigenvalue weighted by molar-refractivity contribution is 7.92. The van der Waals surface area contributed by atoms with Gasteiger partial charge in [0.05, 0.1) is 23.3 Å². The van der Waals surface area contributed by atoms with Crippen molar-refractivity contribution >= 4 is 44.9 Å². The van der Waals surface area contributed by atoms with Crippen molar-refractivity contribution in [3.8, 4) is 0 Å². The highest BCUT2D eigenvalue weighted by atomic mass is 35.5. The number of fused-ring (bicyclic) bond motifs is 1. The molecule has 10 heteroatoms. The summed E-state index contributed by atoms with van der Waals surface area (Å²) < 4.78 is 32.7. The van der Waals surface area contributed by atoms with E-state index in [1.165, 1.54) is 7.11 Å². The van der Waals surface area contributed by atoms with Crippen LogP contribution in [0.15, 0.2) is 77.7 Å². The normalized spacial score (nSPS) is 20.4. The third kappa shape index (κ3) is 6.48. The van der Waals surface area contributed by atoms with Crippen LogP contribution in [0.1, 0.15) is 12.0 Å². The van der Waals surface area contributed by atoms with Gasteiger partial charge in [-0.3, -0.25) is 9.59 Å². The molecule has 4 atom stereocenters. The monoisotopic (exact) mass is 545 g/mol. The van der Waals surface area contributed by atoms with Crippen LogP contribution in [0.3, 0.4) is 0 Å². The van der Waals surface area contributed by atoms with E-state index in [0.717, 1.165) is 16.3 Å². The SMILES string of the molecule is COC(=O)C1NCCC(CNC(=O)[C@@H](N)Cc2ccccc2)C1S(=O)(=O)c1ccc2ccccc2c1.Cl. The number of nitrogens with two attached hydrogens (primary N) is 1. The maximum Gasteiger partial charge on any atom is 0.324 e. The van der Waals surface area contributed by atoms with Crippen LogP contribution in [0.5, 0.6) is 0 Å². The van der Waals surface area contributed by atoms with Crippen LogP contribution in [0.4, 0.5) is 0 Å². The number of hydrogen-bond acceptors (Lipinski definition) is 7. The molecule has 4 N–H and O–H groups in total. The second-order valence-electron chi connectivity index (χ2n) is 9.06. The first kappa shape index (κ1) is 28.6. The zero-order valence-corrected chi connectivity index (χ0v) is 22.1. The summed E-state index contributed by atoms with van der Waals surface area (Å²) in [7, 11) is -2.74. The zero-order chi connectivity index (χ0) is 25.7. The first-order valence-electron chi connectivity index (χ1n) is 11.9. The molecule has 3 aromatic rings. The minimum atomic E-state index is -3.97. The van der Waals surface area contributed by atoms with Crippen LogP contribution in [-0.4, -0.2) is 57.8 Å². The lowest BCUT2D eigenvalue weighted by Crippen LogP contribution is -2.59. The van der Waals surface area contributed by atoms with Crippen molar-refractivity contribution in [2.75, 3.05) is 20.2 Å². The van der Waals surface area contributed by atoms with Crippen molar-refractivity contribution in [1.82, 2.24) is 10.6 Å². The first-order valence-corrected chi connectivity index (χ1v) is 13.5. The molecule has 1 aliphatic rings. The van der Waals surface area contributed by atoms with Crippen LogP contribution in [0.25, 0.3) is 10.8 Å². The standard InChI is InChI=1S/C27H31N3O5S.ClH/c1-35-27(32)24-25(36(33,34)22-12-11-19-9-5-6-10-20(19)16-22)21(13-14-29-24)17-30-26(31)23(28)15-18-7-3-2-4-8-18;/h2-12,16,21,23-25,29H,13-15,17,28H2,1H3,(H,30,31);1H/t21?,23-,24?,25?;/m0./s1. The van der Waals surface area contributed by atoms with E-state index in [1.807, 2.05) is 54.6 Å². The molecule has 1 fully saturated rings. The second-order valence-corrected chi connectivity index (χ2v) is 11.2. The molecule has 0 saturated carbocycles. The Balaban J connectivity index is 0.00000380. The molecule has 3 aromatic carbocycles. The summed E-state index contributed by atoms with van der Waals surface area (Å²) in [5.74, 6) is -1.53. The van der Waals surface area contributed by atoms with Crippen LogP contribution >= 0.6 is 12.4 Å². The van der Waals surface area contributed by atoms with Gasteiger partial charge in [0.15, 0.2) is 9.84 Å². The number of sulfone groups is 1. The van der Waals surface area contributed by atoms with Crippen LogP contribution in [0, 0.1) is 5.92 Å². The minimum absolute atomic E-state index is 0. The topological polar surface area (TPSA) is 128 Å². The van der Waals surface area contributed by atoms with Gasteiger partial charge in [-0.1, -0.05) is 60.7 Å². The summed E-state index contributed by atoms with van der Waals surface area (Å²) in [5, 5.41) is 6.42. The highest BCUT2D eigenvalue weighted by Gasteiger charge is 2.46. The summed E-state index contributed by atoms with van der Waals surface area (Å²) >= 11 is 0. The summed E-state index contributed by atoms with van der Waals surface area (Å²) in [6.45, 7) is 0.494. The van der Waals surface area contributed by atoms with E-state index in [2.05, 4.69) is 10.6 Å². The summed E-state index contributed by atoms with van der Waals surface area (Å²) in [4.78, 5) is 25.5. The van der Waals surface area contributed by atoms with E-state index in [9.17, 15) is 18.0 Å². The van der Waals surface area contributed by atoms with Gasteiger partial charge < -0.3 is 21.1 Å². The molecule has 1 heterocycles. The number of nitrogens with one attached hydrogen (secondary N) is 2. The molecule has 1 saturated heterocycles. The molecule has 4 rings (SSSR count). The van der Waals surface area contributed by atoms with Crippen molar-refractivity contribution in [2.45, 2.75) is 35.1 Å². The fourth-order valence-electron chi connectivity index (χ4n) is 4.80. The van der Waals surface area contributed by atoms with Crippen LogP contribution in [0.2, 0.25) is 0 Å². The van der Waals surface area contributed by atoms with Gasteiger partial charge in [0.2, 0.25) is 5.91 Å². The molecule has 1 aliphatic heterocycles. The Hall–Kier alpha value is -2.98. The van der Waals surface area contributed by atoms with Crippen molar-refractivity contribution in [3.05, 3.63) is 78.4 Å². The van der Waals surface area contributed by atoms with Crippen LogP contribution < -0.4 is 16.4 Å². The third-order valence-corrected chi connectivity index (χ3v) is 8.99.